The Hall–Kier alpha value is -1.36. The molecule has 2 unspecified atom stereocenters. The molecule has 5 nitrogen and oxygen atoms in total. The van der Waals surface area contributed by atoms with Crippen molar-refractivity contribution in [3.05, 3.63) is 11.9 Å². The van der Waals surface area contributed by atoms with E-state index in [0.29, 0.717) is 17.9 Å². The average Bonchev–Trinajstić information content (AvgIpc) is 2.81. The van der Waals surface area contributed by atoms with E-state index in [1.165, 1.54) is 0 Å². The number of ether oxygens (including phenoxy) is 1. The van der Waals surface area contributed by atoms with Gasteiger partial charge in [-0.3, -0.25) is 0 Å². The van der Waals surface area contributed by atoms with Crippen molar-refractivity contribution in [2.24, 2.45) is 5.92 Å². The number of nitrogens with one attached hydrogen (secondary N) is 2. The van der Waals surface area contributed by atoms with E-state index in [1.54, 1.807) is 0 Å². The van der Waals surface area contributed by atoms with Gasteiger partial charge in [-0.25, -0.2) is 9.97 Å². The predicted molar refractivity (Wildman–Crippen MR) is 77.7 cm³/mol. The first kappa shape index (κ1) is 14.1. The van der Waals surface area contributed by atoms with Crippen molar-refractivity contribution in [3.63, 3.8) is 0 Å². The Morgan fingerprint density at radius 3 is 2.68 bits per heavy atom. The van der Waals surface area contributed by atoms with Crippen LogP contribution in [-0.4, -0.2) is 36.3 Å². The van der Waals surface area contributed by atoms with Gasteiger partial charge in [-0.2, -0.15) is 0 Å². The summed E-state index contributed by atoms with van der Waals surface area (Å²) >= 11 is 0. The summed E-state index contributed by atoms with van der Waals surface area (Å²) in [5.74, 6) is 3.50. The van der Waals surface area contributed by atoms with E-state index in [-0.39, 0.29) is 0 Å². The summed E-state index contributed by atoms with van der Waals surface area (Å²) in [5.41, 5.74) is 0. The zero-order valence-electron chi connectivity index (χ0n) is 12.2. The molecule has 1 saturated heterocycles. The minimum atomic E-state index is 0.322. The number of anilines is 2. The molecule has 0 bridgehead atoms. The van der Waals surface area contributed by atoms with Crippen molar-refractivity contribution in [3.8, 4) is 0 Å². The summed E-state index contributed by atoms with van der Waals surface area (Å²) in [6.07, 6.45) is 1.46. The van der Waals surface area contributed by atoms with Gasteiger partial charge in [0.05, 0.1) is 6.10 Å². The van der Waals surface area contributed by atoms with Crippen LogP contribution in [0.5, 0.6) is 0 Å². The average molecular weight is 264 g/mol. The van der Waals surface area contributed by atoms with Crippen LogP contribution in [0.2, 0.25) is 0 Å². The molecule has 2 heterocycles. The SMILES string of the molecule is CNc1cc(NCC2CCOC2C)nc(C(C)C)n1. The molecule has 0 aromatic carbocycles. The van der Waals surface area contributed by atoms with Gasteiger partial charge < -0.3 is 15.4 Å². The Labute approximate surface area is 115 Å². The number of hydrogen-bond acceptors (Lipinski definition) is 5. The summed E-state index contributed by atoms with van der Waals surface area (Å²) in [7, 11) is 1.88. The summed E-state index contributed by atoms with van der Waals surface area (Å²) in [6, 6.07) is 1.95. The molecule has 0 amide bonds. The molecule has 1 aromatic heterocycles. The van der Waals surface area contributed by atoms with Gasteiger partial charge in [0.2, 0.25) is 0 Å². The molecule has 0 spiro atoms. The maximum Gasteiger partial charge on any atom is 0.135 e. The van der Waals surface area contributed by atoms with E-state index in [2.05, 4.69) is 41.4 Å². The maximum atomic E-state index is 5.58. The van der Waals surface area contributed by atoms with Crippen LogP contribution >= 0.6 is 0 Å². The van der Waals surface area contributed by atoms with Crippen LogP contribution in [0.4, 0.5) is 11.6 Å². The first-order valence-electron chi connectivity index (χ1n) is 7.02. The van der Waals surface area contributed by atoms with Gasteiger partial charge in [0.1, 0.15) is 17.5 Å². The van der Waals surface area contributed by atoms with Crippen molar-refractivity contribution in [1.82, 2.24) is 9.97 Å². The van der Waals surface area contributed by atoms with E-state index in [9.17, 15) is 0 Å². The standard InChI is InChI=1S/C14H24N4O/c1-9(2)14-17-12(15-4)7-13(18-14)16-8-11-5-6-19-10(11)3/h7,9-11H,5-6,8H2,1-4H3,(H2,15,16,17,18). The Morgan fingerprint density at radius 1 is 1.37 bits per heavy atom. The monoisotopic (exact) mass is 264 g/mol. The van der Waals surface area contributed by atoms with Crippen LogP contribution in [0.15, 0.2) is 6.07 Å². The predicted octanol–water partition coefficient (Wildman–Crippen LogP) is 2.48. The molecule has 2 atom stereocenters. The molecule has 0 saturated carbocycles. The fourth-order valence-electron chi connectivity index (χ4n) is 2.22. The third-order valence-electron chi connectivity index (χ3n) is 3.59. The van der Waals surface area contributed by atoms with Crippen molar-refractivity contribution < 1.29 is 4.74 Å². The zero-order chi connectivity index (χ0) is 13.8. The lowest BCUT2D eigenvalue weighted by molar-refractivity contribution is 0.108. The molecular weight excluding hydrogens is 240 g/mol. The van der Waals surface area contributed by atoms with Gasteiger partial charge in [-0.1, -0.05) is 13.8 Å². The molecule has 5 heteroatoms. The quantitative estimate of drug-likeness (QED) is 0.855. The molecule has 1 aliphatic heterocycles. The summed E-state index contributed by atoms with van der Waals surface area (Å²) < 4.78 is 5.58. The fourth-order valence-corrected chi connectivity index (χ4v) is 2.22. The smallest absolute Gasteiger partial charge is 0.135 e. The van der Waals surface area contributed by atoms with E-state index in [4.69, 9.17) is 4.74 Å². The van der Waals surface area contributed by atoms with Crippen LogP contribution in [0, 0.1) is 5.92 Å². The highest BCUT2D eigenvalue weighted by molar-refractivity contribution is 5.47. The van der Waals surface area contributed by atoms with Crippen LogP contribution in [-0.2, 0) is 4.74 Å². The summed E-state index contributed by atoms with van der Waals surface area (Å²) in [4.78, 5) is 9.02. The molecule has 1 aromatic rings. The lowest BCUT2D eigenvalue weighted by Crippen LogP contribution is -2.21. The summed E-state index contributed by atoms with van der Waals surface area (Å²) in [5, 5.41) is 6.50. The molecule has 2 rings (SSSR count). The van der Waals surface area contributed by atoms with Gasteiger partial charge in [0.15, 0.2) is 0 Å². The largest absolute Gasteiger partial charge is 0.378 e. The number of aromatic nitrogens is 2. The lowest BCUT2D eigenvalue weighted by atomic mass is 10.0. The van der Waals surface area contributed by atoms with Crippen molar-refractivity contribution in [2.75, 3.05) is 30.8 Å². The first-order chi connectivity index (χ1) is 9.10. The van der Waals surface area contributed by atoms with E-state index < -0.39 is 0 Å². The lowest BCUT2D eigenvalue weighted by Gasteiger charge is -2.16. The van der Waals surface area contributed by atoms with E-state index in [0.717, 1.165) is 37.0 Å². The molecule has 2 N–H and O–H groups in total. The highest BCUT2D eigenvalue weighted by atomic mass is 16.5. The minimum Gasteiger partial charge on any atom is -0.378 e. The molecule has 1 fully saturated rings. The van der Waals surface area contributed by atoms with Gasteiger partial charge in [-0.05, 0) is 13.3 Å². The first-order valence-corrected chi connectivity index (χ1v) is 7.02. The second kappa shape index (κ2) is 6.19. The molecule has 0 aliphatic carbocycles. The van der Waals surface area contributed by atoms with E-state index >= 15 is 0 Å². The highest BCUT2D eigenvalue weighted by Gasteiger charge is 2.23. The summed E-state index contributed by atoms with van der Waals surface area (Å²) in [6.45, 7) is 8.12. The molecular formula is C14H24N4O. The van der Waals surface area contributed by atoms with Gasteiger partial charge >= 0.3 is 0 Å². The number of rotatable bonds is 5. The molecule has 19 heavy (non-hydrogen) atoms. The van der Waals surface area contributed by atoms with Crippen LogP contribution in [0.25, 0.3) is 0 Å². The number of hydrogen-bond donors (Lipinski definition) is 2. The van der Waals surface area contributed by atoms with Crippen molar-refractivity contribution in [1.29, 1.82) is 0 Å². The Morgan fingerprint density at radius 2 is 2.11 bits per heavy atom. The number of nitrogens with zero attached hydrogens (tertiary/aromatic N) is 2. The second-order valence-electron chi connectivity index (χ2n) is 5.41. The van der Waals surface area contributed by atoms with Gasteiger partial charge in [0, 0.05) is 38.1 Å². The normalized spacial score (nSPS) is 22.8. The van der Waals surface area contributed by atoms with Gasteiger partial charge in [-0.15, -0.1) is 0 Å². The fraction of sp³-hybridized carbons (Fsp3) is 0.714. The van der Waals surface area contributed by atoms with Crippen LogP contribution < -0.4 is 10.6 Å². The maximum absolute atomic E-state index is 5.58. The van der Waals surface area contributed by atoms with Gasteiger partial charge in [0.25, 0.3) is 0 Å². The third kappa shape index (κ3) is 3.56. The second-order valence-corrected chi connectivity index (χ2v) is 5.41. The molecule has 0 radical (unpaired) electrons. The zero-order valence-corrected chi connectivity index (χ0v) is 12.2. The van der Waals surface area contributed by atoms with Crippen molar-refractivity contribution >= 4 is 11.6 Å². The Kier molecular flexibility index (Phi) is 4.58. The third-order valence-corrected chi connectivity index (χ3v) is 3.59. The topological polar surface area (TPSA) is 59.1 Å². The van der Waals surface area contributed by atoms with Crippen molar-refractivity contribution in [2.45, 2.75) is 39.2 Å². The Bertz CT molecular complexity index is 422. The Balaban J connectivity index is 2.04. The van der Waals surface area contributed by atoms with Crippen LogP contribution in [0.1, 0.15) is 38.9 Å². The van der Waals surface area contributed by atoms with E-state index in [1.807, 2.05) is 13.1 Å². The van der Waals surface area contributed by atoms with Crippen LogP contribution in [0.3, 0.4) is 0 Å². The molecule has 1 aliphatic rings. The molecule has 106 valence electrons. The minimum absolute atomic E-state index is 0.322. The highest BCUT2D eigenvalue weighted by Crippen LogP contribution is 2.22.